The molecule has 0 spiro atoms. The normalized spacial score (nSPS) is 11.7. The first-order chi connectivity index (χ1) is 7.91. The third-order valence-corrected chi connectivity index (χ3v) is 1.92. The molecule has 17 heavy (non-hydrogen) atoms. The van der Waals surface area contributed by atoms with Crippen molar-refractivity contribution in [1.29, 1.82) is 0 Å². The monoisotopic (exact) mass is 244 g/mol. The van der Waals surface area contributed by atoms with Crippen molar-refractivity contribution in [3.05, 3.63) is 29.8 Å². The van der Waals surface area contributed by atoms with Gasteiger partial charge in [0.25, 0.3) is 0 Å². The van der Waals surface area contributed by atoms with Gasteiger partial charge in [-0.2, -0.15) is 0 Å². The van der Waals surface area contributed by atoms with Crippen LogP contribution in [0, 0.1) is 11.6 Å². The van der Waals surface area contributed by atoms with Crippen LogP contribution in [0.5, 0.6) is 0 Å². The molecule has 0 aliphatic carbocycles. The molecule has 0 bridgehead atoms. The van der Waals surface area contributed by atoms with Crippen molar-refractivity contribution < 1.29 is 23.5 Å². The van der Waals surface area contributed by atoms with Crippen molar-refractivity contribution in [2.45, 2.75) is 13.0 Å². The van der Waals surface area contributed by atoms with Gasteiger partial charge in [-0.25, -0.2) is 13.6 Å². The van der Waals surface area contributed by atoms with E-state index in [4.69, 9.17) is 5.11 Å². The Hall–Kier alpha value is -2.18. The summed E-state index contributed by atoms with van der Waals surface area (Å²) in [5, 5.41) is 12.6. The van der Waals surface area contributed by atoms with Gasteiger partial charge < -0.3 is 15.7 Å². The Morgan fingerprint density at radius 3 is 2.59 bits per heavy atom. The Balaban J connectivity index is 2.69. The van der Waals surface area contributed by atoms with Gasteiger partial charge in [0.2, 0.25) is 0 Å². The molecule has 0 radical (unpaired) electrons. The Kier molecular flexibility index (Phi) is 3.97. The van der Waals surface area contributed by atoms with Crippen LogP contribution in [0.1, 0.15) is 6.92 Å². The number of aliphatic carboxylic acids is 1. The predicted octanol–water partition coefficient (Wildman–Crippen LogP) is 1.56. The molecule has 0 saturated carbocycles. The second kappa shape index (κ2) is 5.24. The first kappa shape index (κ1) is 12.9. The number of carboxylic acids is 1. The molecule has 7 heteroatoms. The molecular formula is C10H10F2N2O3. The zero-order valence-electron chi connectivity index (χ0n) is 8.83. The second-order valence-electron chi connectivity index (χ2n) is 3.26. The number of carbonyl (C=O) groups excluding carboxylic acids is 1. The fourth-order valence-electron chi connectivity index (χ4n) is 1.02. The van der Waals surface area contributed by atoms with Crippen molar-refractivity contribution in [1.82, 2.24) is 5.32 Å². The number of hydrogen-bond acceptors (Lipinski definition) is 2. The van der Waals surface area contributed by atoms with Crippen LogP contribution >= 0.6 is 0 Å². The summed E-state index contributed by atoms with van der Waals surface area (Å²) in [5.74, 6) is -3.54. The van der Waals surface area contributed by atoms with E-state index in [0.29, 0.717) is 0 Å². The number of carbonyl (C=O) groups is 2. The SMILES string of the molecule is CC(NC(=O)Nc1cccc(F)c1F)C(=O)O. The number of carboxylic acid groups (broad SMARTS) is 1. The molecule has 0 heterocycles. The van der Waals surface area contributed by atoms with E-state index >= 15 is 0 Å². The van der Waals surface area contributed by atoms with E-state index in [2.05, 4.69) is 0 Å². The van der Waals surface area contributed by atoms with Gasteiger partial charge in [0.15, 0.2) is 11.6 Å². The molecule has 1 aromatic carbocycles. The van der Waals surface area contributed by atoms with Crippen LogP contribution in [0.25, 0.3) is 0 Å². The van der Waals surface area contributed by atoms with E-state index in [1.807, 2.05) is 10.6 Å². The summed E-state index contributed by atoms with van der Waals surface area (Å²) in [6.45, 7) is 1.24. The zero-order valence-corrected chi connectivity index (χ0v) is 8.83. The number of amides is 2. The highest BCUT2D eigenvalue weighted by atomic mass is 19.2. The molecule has 0 aromatic heterocycles. The number of anilines is 1. The second-order valence-corrected chi connectivity index (χ2v) is 3.26. The molecule has 2 amide bonds. The molecule has 0 aliphatic heterocycles. The molecule has 0 fully saturated rings. The first-order valence-electron chi connectivity index (χ1n) is 4.66. The van der Waals surface area contributed by atoms with Gasteiger partial charge in [-0.1, -0.05) is 6.07 Å². The van der Waals surface area contributed by atoms with Crippen molar-refractivity contribution >= 4 is 17.7 Å². The summed E-state index contributed by atoms with van der Waals surface area (Å²) in [7, 11) is 0. The lowest BCUT2D eigenvalue weighted by Gasteiger charge is -2.11. The number of urea groups is 1. The van der Waals surface area contributed by atoms with Crippen LogP contribution in [0.2, 0.25) is 0 Å². The lowest BCUT2D eigenvalue weighted by molar-refractivity contribution is -0.138. The van der Waals surface area contributed by atoms with Gasteiger partial charge in [-0.15, -0.1) is 0 Å². The van der Waals surface area contributed by atoms with Crippen molar-refractivity contribution in [3.63, 3.8) is 0 Å². The highest BCUT2D eigenvalue weighted by Gasteiger charge is 2.15. The number of rotatable bonds is 3. The summed E-state index contributed by atoms with van der Waals surface area (Å²) < 4.78 is 25.9. The van der Waals surface area contributed by atoms with E-state index in [-0.39, 0.29) is 5.69 Å². The fourth-order valence-corrected chi connectivity index (χ4v) is 1.02. The van der Waals surface area contributed by atoms with E-state index in [9.17, 15) is 18.4 Å². The standard InChI is InChI=1S/C10H10F2N2O3/c1-5(9(15)16)13-10(17)14-7-4-2-3-6(11)8(7)12/h2-5H,1H3,(H,15,16)(H2,13,14,17). The average molecular weight is 244 g/mol. The Bertz CT molecular complexity index is 451. The molecule has 5 nitrogen and oxygen atoms in total. The largest absolute Gasteiger partial charge is 0.480 e. The Morgan fingerprint density at radius 1 is 1.35 bits per heavy atom. The van der Waals surface area contributed by atoms with Crippen LogP contribution in [-0.4, -0.2) is 23.1 Å². The van der Waals surface area contributed by atoms with E-state index < -0.39 is 29.7 Å². The van der Waals surface area contributed by atoms with Gasteiger partial charge in [-0.3, -0.25) is 4.79 Å². The lowest BCUT2D eigenvalue weighted by Crippen LogP contribution is -2.41. The molecule has 1 unspecified atom stereocenters. The van der Waals surface area contributed by atoms with E-state index in [1.165, 1.54) is 13.0 Å². The molecule has 0 saturated heterocycles. The smallest absolute Gasteiger partial charge is 0.325 e. The minimum atomic E-state index is -1.24. The molecular weight excluding hydrogens is 234 g/mol. The Labute approximate surface area is 95.4 Å². The summed E-state index contributed by atoms with van der Waals surface area (Å²) in [6, 6.07) is 1.21. The highest BCUT2D eigenvalue weighted by Crippen LogP contribution is 2.16. The quantitative estimate of drug-likeness (QED) is 0.755. The van der Waals surface area contributed by atoms with Gasteiger partial charge in [0.1, 0.15) is 6.04 Å². The maximum absolute atomic E-state index is 13.1. The third kappa shape index (κ3) is 3.40. The number of halogens is 2. The van der Waals surface area contributed by atoms with Gasteiger partial charge in [0.05, 0.1) is 5.69 Å². The molecule has 1 atom stereocenters. The molecule has 92 valence electrons. The van der Waals surface area contributed by atoms with Crippen molar-refractivity contribution in [2.24, 2.45) is 0 Å². The van der Waals surface area contributed by atoms with Crippen LogP contribution in [0.15, 0.2) is 18.2 Å². The van der Waals surface area contributed by atoms with Crippen molar-refractivity contribution in [3.8, 4) is 0 Å². The topological polar surface area (TPSA) is 78.4 Å². The van der Waals surface area contributed by atoms with Crippen LogP contribution in [0.4, 0.5) is 19.3 Å². The van der Waals surface area contributed by atoms with Gasteiger partial charge in [-0.05, 0) is 19.1 Å². The van der Waals surface area contributed by atoms with Gasteiger partial charge in [0, 0.05) is 0 Å². The van der Waals surface area contributed by atoms with Crippen molar-refractivity contribution in [2.75, 3.05) is 5.32 Å². The van der Waals surface area contributed by atoms with Crippen LogP contribution in [0.3, 0.4) is 0 Å². The van der Waals surface area contributed by atoms with Crippen LogP contribution in [-0.2, 0) is 4.79 Å². The lowest BCUT2D eigenvalue weighted by atomic mass is 10.3. The minimum Gasteiger partial charge on any atom is -0.480 e. The minimum absolute atomic E-state index is 0.361. The first-order valence-corrected chi connectivity index (χ1v) is 4.66. The van der Waals surface area contributed by atoms with E-state index in [1.54, 1.807) is 0 Å². The number of benzene rings is 1. The number of nitrogens with one attached hydrogen (secondary N) is 2. The maximum Gasteiger partial charge on any atom is 0.325 e. The highest BCUT2D eigenvalue weighted by molar-refractivity contribution is 5.92. The van der Waals surface area contributed by atoms with Gasteiger partial charge >= 0.3 is 12.0 Å². The third-order valence-electron chi connectivity index (χ3n) is 1.92. The van der Waals surface area contributed by atoms with Crippen LogP contribution < -0.4 is 10.6 Å². The summed E-state index contributed by atoms with van der Waals surface area (Å²) in [6.07, 6.45) is 0. The maximum atomic E-state index is 13.1. The molecule has 1 aromatic rings. The number of hydrogen-bond donors (Lipinski definition) is 3. The summed E-state index contributed by atoms with van der Waals surface area (Å²) in [5.41, 5.74) is -0.361. The summed E-state index contributed by atoms with van der Waals surface area (Å²) in [4.78, 5) is 21.6. The summed E-state index contributed by atoms with van der Waals surface area (Å²) >= 11 is 0. The predicted molar refractivity (Wildman–Crippen MR) is 55.6 cm³/mol. The molecule has 3 N–H and O–H groups in total. The fraction of sp³-hybridized carbons (Fsp3) is 0.200. The molecule has 1 rings (SSSR count). The Morgan fingerprint density at radius 2 is 2.00 bits per heavy atom. The van der Waals surface area contributed by atoms with E-state index in [0.717, 1.165) is 12.1 Å². The molecule has 0 aliphatic rings. The average Bonchev–Trinajstić information content (AvgIpc) is 2.24. The zero-order chi connectivity index (χ0) is 13.0.